The van der Waals surface area contributed by atoms with E-state index >= 15 is 0 Å². The smallest absolute Gasteiger partial charge is 0.252 e. The molecule has 0 aliphatic heterocycles. The summed E-state index contributed by atoms with van der Waals surface area (Å²) in [5.41, 5.74) is 0.464. The van der Waals surface area contributed by atoms with Gasteiger partial charge in [-0.3, -0.25) is 4.79 Å². The molecule has 1 heterocycles. The van der Waals surface area contributed by atoms with Crippen LogP contribution in [0.1, 0.15) is 31.2 Å². The van der Waals surface area contributed by atoms with E-state index in [9.17, 15) is 9.18 Å². The van der Waals surface area contributed by atoms with Crippen molar-refractivity contribution in [3.8, 4) is 0 Å². The van der Waals surface area contributed by atoms with Gasteiger partial charge in [0.15, 0.2) is 0 Å². The summed E-state index contributed by atoms with van der Waals surface area (Å²) < 4.78 is 13.5. The number of aromatic amines is 1. The lowest BCUT2D eigenvalue weighted by atomic mass is 10.1. The molecule has 106 valence electrons. The molecule has 0 atom stereocenters. The number of H-pyrrole nitrogens is 1. The standard InChI is InChI=1S/C15H18FN3O/c1-10(2)15-18-13(9-14(20)19-15)17-8-7-11-5-3-4-6-12(11)16/h3-6,9-10H,7-8H2,1-2H3,(H2,17,18,19,20). The summed E-state index contributed by atoms with van der Waals surface area (Å²) in [5, 5.41) is 3.06. The van der Waals surface area contributed by atoms with E-state index in [4.69, 9.17) is 0 Å². The van der Waals surface area contributed by atoms with Crippen LogP contribution in [0.2, 0.25) is 0 Å². The number of aromatic nitrogens is 2. The van der Waals surface area contributed by atoms with E-state index in [0.29, 0.717) is 30.2 Å². The third-order valence-electron chi connectivity index (χ3n) is 2.97. The molecule has 0 unspecified atom stereocenters. The van der Waals surface area contributed by atoms with Crippen LogP contribution >= 0.6 is 0 Å². The SMILES string of the molecule is CC(C)c1nc(NCCc2ccccc2F)cc(=O)[nH]1. The number of rotatable bonds is 5. The maximum absolute atomic E-state index is 13.5. The van der Waals surface area contributed by atoms with E-state index in [0.717, 1.165) is 0 Å². The van der Waals surface area contributed by atoms with Crippen molar-refractivity contribution >= 4 is 5.82 Å². The number of nitrogens with one attached hydrogen (secondary N) is 2. The zero-order valence-corrected chi connectivity index (χ0v) is 11.6. The fourth-order valence-corrected chi connectivity index (χ4v) is 1.87. The number of benzene rings is 1. The fraction of sp³-hybridized carbons (Fsp3) is 0.333. The molecular formula is C15H18FN3O. The summed E-state index contributed by atoms with van der Waals surface area (Å²) in [6, 6.07) is 8.08. The quantitative estimate of drug-likeness (QED) is 0.882. The second-order valence-electron chi connectivity index (χ2n) is 4.94. The molecule has 4 nitrogen and oxygen atoms in total. The molecule has 0 aliphatic carbocycles. The topological polar surface area (TPSA) is 57.8 Å². The highest BCUT2D eigenvalue weighted by Gasteiger charge is 2.05. The first-order valence-corrected chi connectivity index (χ1v) is 6.65. The second-order valence-corrected chi connectivity index (χ2v) is 4.94. The van der Waals surface area contributed by atoms with Crippen LogP contribution in [0.15, 0.2) is 35.1 Å². The van der Waals surface area contributed by atoms with E-state index in [1.807, 2.05) is 13.8 Å². The Morgan fingerprint density at radius 3 is 2.80 bits per heavy atom. The number of hydrogen-bond donors (Lipinski definition) is 2. The molecule has 20 heavy (non-hydrogen) atoms. The molecule has 0 saturated carbocycles. The van der Waals surface area contributed by atoms with Gasteiger partial charge in [-0.1, -0.05) is 32.0 Å². The minimum absolute atomic E-state index is 0.149. The van der Waals surface area contributed by atoms with Crippen LogP contribution in [-0.2, 0) is 6.42 Å². The van der Waals surface area contributed by atoms with Crippen molar-refractivity contribution in [1.29, 1.82) is 0 Å². The molecule has 1 aromatic heterocycles. The van der Waals surface area contributed by atoms with Crippen LogP contribution in [0.4, 0.5) is 10.2 Å². The average Bonchev–Trinajstić information content (AvgIpc) is 2.40. The molecule has 2 rings (SSSR count). The molecule has 0 amide bonds. The van der Waals surface area contributed by atoms with E-state index in [1.54, 1.807) is 18.2 Å². The molecule has 0 saturated heterocycles. The summed E-state index contributed by atoms with van der Waals surface area (Å²) in [5.74, 6) is 1.10. The maximum Gasteiger partial charge on any atom is 0.252 e. The van der Waals surface area contributed by atoms with Gasteiger partial charge in [0.2, 0.25) is 0 Å². The van der Waals surface area contributed by atoms with Crippen molar-refractivity contribution in [3.63, 3.8) is 0 Å². The highest BCUT2D eigenvalue weighted by molar-refractivity contribution is 5.33. The first-order chi connectivity index (χ1) is 9.56. The maximum atomic E-state index is 13.5. The van der Waals surface area contributed by atoms with Gasteiger partial charge in [-0.05, 0) is 18.1 Å². The van der Waals surface area contributed by atoms with Gasteiger partial charge < -0.3 is 10.3 Å². The lowest BCUT2D eigenvalue weighted by Crippen LogP contribution is -2.16. The van der Waals surface area contributed by atoms with E-state index in [-0.39, 0.29) is 17.3 Å². The predicted octanol–water partition coefficient (Wildman–Crippen LogP) is 2.69. The van der Waals surface area contributed by atoms with Gasteiger partial charge in [0, 0.05) is 18.5 Å². The normalized spacial score (nSPS) is 10.8. The minimum Gasteiger partial charge on any atom is -0.370 e. The van der Waals surface area contributed by atoms with Gasteiger partial charge >= 0.3 is 0 Å². The zero-order valence-electron chi connectivity index (χ0n) is 11.6. The third-order valence-corrected chi connectivity index (χ3v) is 2.97. The summed E-state index contributed by atoms with van der Waals surface area (Å²) in [7, 11) is 0. The Hall–Kier alpha value is -2.17. The van der Waals surface area contributed by atoms with E-state index in [1.165, 1.54) is 12.1 Å². The molecule has 2 N–H and O–H groups in total. The number of nitrogens with zero attached hydrogens (tertiary/aromatic N) is 1. The lowest BCUT2D eigenvalue weighted by Gasteiger charge is -2.09. The molecule has 0 bridgehead atoms. The van der Waals surface area contributed by atoms with Gasteiger partial charge in [-0.15, -0.1) is 0 Å². The summed E-state index contributed by atoms with van der Waals surface area (Å²) in [6.45, 7) is 4.44. The van der Waals surface area contributed by atoms with Gasteiger partial charge in [-0.2, -0.15) is 0 Å². The largest absolute Gasteiger partial charge is 0.370 e. The Labute approximate surface area is 117 Å². The highest BCUT2D eigenvalue weighted by atomic mass is 19.1. The Kier molecular flexibility index (Phi) is 4.50. The molecule has 0 radical (unpaired) electrons. The van der Waals surface area contributed by atoms with Crippen LogP contribution in [0, 0.1) is 5.82 Å². The lowest BCUT2D eigenvalue weighted by molar-refractivity contribution is 0.610. The van der Waals surface area contributed by atoms with Crippen LogP contribution in [0.3, 0.4) is 0 Å². The Bertz CT molecular complexity index is 637. The molecule has 5 heteroatoms. The molecule has 0 aliphatic rings. The highest BCUT2D eigenvalue weighted by Crippen LogP contribution is 2.10. The van der Waals surface area contributed by atoms with Crippen molar-refractivity contribution in [2.45, 2.75) is 26.2 Å². The molecule has 0 spiro atoms. The van der Waals surface area contributed by atoms with Gasteiger partial charge in [0.25, 0.3) is 5.56 Å². The van der Waals surface area contributed by atoms with Crippen LogP contribution in [0.25, 0.3) is 0 Å². The molecule has 1 aromatic carbocycles. The van der Waals surface area contributed by atoms with Crippen LogP contribution < -0.4 is 10.9 Å². The zero-order chi connectivity index (χ0) is 14.5. The van der Waals surface area contributed by atoms with Crippen molar-refractivity contribution in [2.75, 3.05) is 11.9 Å². The predicted molar refractivity (Wildman–Crippen MR) is 77.5 cm³/mol. The Morgan fingerprint density at radius 2 is 2.10 bits per heavy atom. The van der Waals surface area contributed by atoms with Crippen molar-refractivity contribution in [2.24, 2.45) is 0 Å². The third kappa shape index (κ3) is 3.66. The Morgan fingerprint density at radius 1 is 1.35 bits per heavy atom. The number of anilines is 1. The summed E-state index contributed by atoms with van der Waals surface area (Å²) in [4.78, 5) is 18.5. The molecular weight excluding hydrogens is 257 g/mol. The summed E-state index contributed by atoms with van der Waals surface area (Å²) in [6.07, 6.45) is 0.540. The van der Waals surface area contributed by atoms with Crippen molar-refractivity contribution in [1.82, 2.24) is 9.97 Å². The van der Waals surface area contributed by atoms with Gasteiger partial charge in [-0.25, -0.2) is 9.37 Å². The molecule has 0 fully saturated rings. The monoisotopic (exact) mass is 275 g/mol. The van der Waals surface area contributed by atoms with E-state index < -0.39 is 0 Å². The van der Waals surface area contributed by atoms with Crippen molar-refractivity contribution < 1.29 is 4.39 Å². The Balaban J connectivity index is 2.01. The van der Waals surface area contributed by atoms with Gasteiger partial charge in [0.05, 0.1) is 0 Å². The van der Waals surface area contributed by atoms with E-state index in [2.05, 4.69) is 15.3 Å². The van der Waals surface area contributed by atoms with Crippen LogP contribution in [-0.4, -0.2) is 16.5 Å². The van der Waals surface area contributed by atoms with Crippen LogP contribution in [0.5, 0.6) is 0 Å². The fourth-order valence-electron chi connectivity index (χ4n) is 1.87. The minimum atomic E-state index is -0.212. The van der Waals surface area contributed by atoms with Gasteiger partial charge in [0.1, 0.15) is 17.5 Å². The second kappa shape index (κ2) is 6.32. The molecule has 2 aromatic rings. The average molecular weight is 275 g/mol. The number of hydrogen-bond acceptors (Lipinski definition) is 3. The van der Waals surface area contributed by atoms with Crippen molar-refractivity contribution in [3.05, 3.63) is 57.9 Å². The first-order valence-electron chi connectivity index (χ1n) is 6.65. The summed E-state index contributed by atoms with van der Waals surface area (Å²) >= 11 is 0. The number of halogens is 1. The first kappa shape index (κ1) is 14.2.